The average Bonchev–Trinajstić information content (AvgIpc) is 3.39. The van der Waals surface area contributed by atoms with Crippen LogP contribution in [0, 0.1) is 17.1 Å². The van der Waals surface area contributed by atoms with Gasteiger partial charge in [0.05, 0.1) is 29.6 Å². The van der Waals surface area contributed by atoms with Crippen LogP contribution >= 0.6 is 0 Å². The maximum absolute atomic E-state index is 15.2. The number of aromatic nitrogens is 3. The van der Waals surface area contributed by atoms with Crippen LogP contribution in [-0.4, -0.2) is 37.5 Å². The lowest BCUT2D eigenvalue weighted by Crippen LogP contribution is -2.36. The minimum absolute atomic E-state index is 0.178. The van der Waals surface area contributed by atoms with Crippen molar-refractivity contribution < 1.29 is 19.0 Å². The maximum Gasteiger partial charge on any atom is 0.332 e. The Morgan fingerprint density at radius 1 is 1.14 bits per heavy atom. The molecule has 0 bridgehead atoms. The standard InChI is InChI=1S/C33H35FN4O4/c1-3-7-29-27(18-21-10-12-22(13-11-21)26-9-6-5-8-23(26)19-35)32(39)37(31-28(34)20-36-38(29)31)24-14-16-25(17-15-24)42-30(4-2)33(40)41/h5-6,8-13,20,24-25,30H,3-4,7,14-18H2,1-2H3,(H,40,41)/t24-,25-,30?. The molecule has 1 atom stereocenters. The van der Waals surface area contributed by atoms with Crippen molar-refractivity contribution in [2.45, 2.75) is 83.5 Å². The number of nitrogens with zero attached hydrogens (tertiary/aromatic N) is 4. The molecule has 5 rings (SSSR count). The number of carbonyl (C=O) groups is 1. The van der Waals surface area contributed by atoms with E-state index < -0.39 is 17.9 Å². The van der Waals surface area contributed by atoms with Crippen molar-refractivity contribution in [3.05, 3.63) is 93.3 Å². The summed E-state index contributed by atoms with van der Waals surface area (Å²) in [4.78, 5) is 25.7. The van der Waals surface area contributed by atoms with E-state index in [1.54, 1.807) is 22.1 Å². The summed E-state index contributed by atoms with van der Waals surface area (Å²) in [6.07, 6.45) is 4.49. The number of carboxylic acids is 1. The van der Waals surface area contributed by atoms with Crippen LogP contribution in [0.1, 0.15) is 80.8 Å². The van der Waals surface area contributed by atoms with Gasteiger partial charge in [-0.05, 0) is 61.3 Å². The average molecular weight is 571 g/mol. The second kappa shape index (κ2) is 12.7. The molecule has 0 amide bonds. The fourth-order valence-electron chi connectivity index (χ4n) is 6.08. The van der Waals surface area contributed by atoms with Gasteiger partial charge in [-0.15, -0.1) is 0 Å². The predicted molar refractivity (Wildman–Crippen MR) is 157 cm³/mol. The Morgan fingerprint density at radius 2 is 1.86 bits per heavy atom. The summed E-state index contributed by atoms with van der Waals surface area (Å²) in [6, 6.07) is 17.3. The largest absolute Gasteiger partial charge is 0.479 e. The number of fused-ring (bicyclic) bond motifs is 1. The Bertz CT molecular complexity index is 1680. The van der Waals surface area contributed by atoms with Crippen molar-refractivity contribution >= 4 is 11.6 Å². The first-order valence-corrected chi connectivity index (χ1v) is 14.6. The third-order valence-electron chi connectivity index (χ3n) is 8.20. The molecule has 0 spiro atoms. The number of hydrogen-bond donors (Lipinski definition) is 1. The van der Waals surface area contributed by atoms with Crippen molar-refractivity contribution in [1.82, 2.24) is 14.2 Å². The van der Waals surface area contributed by atoms with Gasteiger partial charge in [0.15, 0.2) is 17.6 Å². The number of benzene rings is 2. The normalized spacial score (nSPS) is 17.7. The smallest absolute Gasteiger partial charge is 0.332 e. The highest BCUT2D eigenvalue weighted by atomic mass is 19.1. The lowest BCUT2D eigenvalue weighted by atomic mass is 9.92. The first-order valence-electron chi connectivity index (χ1n) is 14.6. The first-order chi connectivity index (χ1) is 20.4. The fourth-order valence-corrected chi connectivity index (χ4v) is 6.08. The minimum Gasteiger partial charge on any atom is -0.479 e. The van der Waals surface area contributed by atoms with Crippen LogP contribution < -0.4 is 5.56 Å². The molecule has 0 aliphatic heterocycles. The van der Waals surface area contributed by atoms with Gasteiger partial charge in [0.25, 0.3) is 5.56 Å². The number of aliphatic carboxylic acids is 1. The number of carboxylic acid groups (broad SMARTS) is 1. The van der Waals surface area contributed by atoms with Crippen LogP contribution in [0.3, 0.4) is 0 Å². The number of aryl methyl sites for hydroxylation is 1. The molecule has 0 saturated heterocycles. The van der Waals surface area contributed by atoms with Gasteiger partial charge in [0.1, 0.15) is 0 Å². The van der Waals surface area contributed by atoms with Gasteiger partial charge in [0, 0.05) is 18.0 Å². The van der Waals surface area contributed by atoms with E-state index in [1.165, 1.54) is 6.20 Å². The highest BCUT2D eigenvalue weighted by Crippen LogP contribution is 2.33. The highest BCUT2D eigenvalue weighted by Gasteiger charge is 2.31. The SMILES string of the molecule is CCCc1c(Cc2ccc(-c3ccccc3C#N)cc2)c(=O)n([C@H]2CC[C@H](OC(CC)C(=O)O)CC2)c2c(F)cnn12. The van der Waals surface area contributed by atoms with Gasteiger partial charge < -0.3 is 9.84 Å². The van der Waals surface area contributed by atoms with E-state index in [9.17, 15) is 20.0 Å². The zero-order chi connectivity index (χ0) is 29.8. The first kappa shape index (κ1) is 29.2. The fraction of sp³-hybridized carbons (Fsp3) is 0.394. The molecule has 2 heterocycles. The Morgan fingerprint density at radius 3 is 2.50 bits per heavy atom. The van der Waals surface area contributed by atoms with Crippen molar-refractivity contribution in [1.29, 1.82) is 5.26 Å². The van der Waals surface area contributed by atoms with Gasteiger partial charge in [-0.2, -0.15) is 10.4 Å². The van der Waals surface area contributed by atoms with E-state index in [4.69, 9.17) is 4.74 Å². The molecular formula is C33H35FN4O4. The van der Waals surface area contributed by atoms with E-state index in [-0.39, 0.29) is 23.4 Å². The molecule has 8 nitrogen and oxygen atoms in total. The van der Waals surface area contributed by atoms with Gasteiger partial charge >= 0.3 is 5.97 Å². The molecule has 1 N–H and O–H groups in total. The second-order valence-corrected chi connectivity index (χ2v) is 10.9. The van der Waals surface area contributed by atoms with Crippen molar-refractivity contribution in [2.75, 3.05) is 0 Å². The lowest BCUT2D eigenvalue weighted by molar-refractivity contribution is -0.156. The van der Waals surface area contributed by atoms with Gasteiger partial charge in [-0.3, -0.25) is 9.36 Å². The maximum atomic E-state index is 15.2. The summed E-state index contributed by atoms with van der Waals surface area (Å²) < 4.78 is 24.2. The number of hydrogen-bond acceptors (Lipinski definition) is 5. The van der Waals surface area contributed by atoms with Crippen LogP contribution in [0.4, 0.5) is 4.39 Å². The minimum atomic E-state index is -0.975. The Hall–Kier alpha value is -4.29. The third-order valence-corrected chi connectivity index (χ3v) is 8.20. The molecule has 9 heteroatoms. The predicted octanol–water partition coefficient (Wildman–Crippen LogP) is 6.08. The molecule has 218 valence electrons. The van der Waals surface area contributed by atoms with E-state index in [2.05, 4.69) is 11.2 Å². The summed E-state index contributed by atoms with van der Waals surface area (Å²) in [5, 5.41) is 23.2. The summed E-state index contributed by atoms with van der Waals surface area (Å²) in [5.41, 5.74) is 4.55. The molecule has 4 aromatic rings. The van der Waals surface area contributed by atoms with Gasteiger partial charge in [-0.1, -0.05) is 62.7 Å². The van der Waals surface area contributed by atoms with E-state index in [0.29, 0.717) is 61.8 Å². The quantitative estimate of drug-likeness (QED) is 0.247. The van der Waals surface area contributed by atoms with Crippen molar-refractivity contribution in [2.24, 2.45) is 0 Å². The molecule has 1 fully saturated rings. The summed E-state index contributed by atoms with van der Waals surface area (Å²) in [5.74, 6) is -1.51. The zero-order valence-electron chi connectivity index (χ0n) is 23.9. The number of nitriles is 1. The topological polar surface area (TPSA) is 110 Å². The Balaban J connectivity index is 1.49. The van der Waals surface area contributed by atoms with Crippen LogP contribution in [-0.2, 0) is 22.4 Å². The van der Waals surface area contributed by atoms with E-state index in [0.717, 1.165) is 23.1 Å². The Kier molecular flexibility index (Phi) is 8.83. The van der Waals surface area contributed by atoms with Crippen LogP contribution in [0.25, 0.3) is 16.8 Å². The summed E-state index contributed by atoms with van der Waals surface area (Å²) in [7, 11) is 0. The van der Waals surface area contributed by atoms with Crippen molar-refractivity contribution in [3.8, 4) is 17.2 Å². The second-order valence-electron chi connectivity index (χ2n) is 10.9. The number of rotatable bonds is 10. The number of halogens is 1. The molecule has 2 aromatic carbocycles. The molecule has 2 aromatic heterocycles. The lowest BCUT2D eigenvalue weighted by Gasteiger charge is -2.32. The van der Waals surface area contributed by atoms with Gasteiger partial charge in [0.2, 0.25) is 0 Å². The van der Waals surface area contributed by atoms with Crippen LogP contribution in [0.2, 0.25) is 0 Å². The van der Waals surface area contributed by atoms with Gasteiger partial charge in [-0.25, -0.2) is 13.7 Å². The number of ether oxygens (including phenoxy) is 1. The molecule has 1 unspecified atom stereocenters. The molecule has 1 saturated carbocycles. The third kappa shape index (κ3) is 5.72. The van der Waals surface area contributed by atoms with E-state index in [1.807, 2.05) is 49.4 Å². The molecular weight excluding hydrogens is 535 g/mol. The molecule has 1 aliphatic carbocycles. The summed E-state index contributed by atoms with van der Waals surface area (Å²) in [6.45, 7) is 3.80. The Labute approximate surface area is 244 Å². The molecule has 1 aliphatic rings. The van der Waals surface area contributed by atoms with E-state index >= 15 is 4.39 Å². The van der Waals surface area contributed by atoms with Crippen molar-refractivity contribution in [3.63, 3.8) is 0 Å². The summed E-state index contributed by atoms with van der Waals surface area (Å²) >= 11 is 0. The molecule has 42 heavy (non-hydrogen) atoms. The zero-order valence-corrected chi connectivity index (χ0v) is 23.9. The monoisotopic (exact) mass is 570 g/mol. The van der Waals surface area contributed by atoms with Crippen LogP contribution in [0.15, 0.2) is 59.5 Å². The highest BCUT2D eigenvalue weighted by molar-refractivity contribution is 5.72. The van der Waals surface area contributed by atoms with Crippen LogP contribution in [0.5, 0.6) is 0 Å². The molecule has 0 radical (unpaired) electrons.